The number of nitrogens with zero attached hydrogens (tertiary/aromatic N) is 1. The van der Waals surface area contributed by atoms with E-state index in [0.717, 1.165) is 25.9 Å². The number of hydrogen-bond donors (Lipinski definition) is 1. The van der Waals surface area contributed by atoms with Crippen LogP contribution in [-0.4, -0.2) is 29.8 Å². The molecule has 1 aliphatic rings. The molecule has 1 N–H and O–H groups in total. The van der Waals surface area contributed by atoms with E-state index in [1.165, 1.54) is 0 Å². The number of amides is 2. The normalized spacial score (nSPS) is 19.2. The standard InChI is InChI=1S/C14H18F2N2OS/c1-10-5-4-8-18(9-10)14(19)17-11-6-2-3-7-12(11)20-13(15)16/h2-3,6-7,10,13H,4-5,8-9H2,1H3,(H,17,19). The highest BCUT2D eigenvalue weighted by atomic mass is 32.2. The van der Waals surface area contributed by atoms with Gasteiger partial charge in [-0.2, -0.15) is 8.78 Å². The zero-order valence-electron chi connectivity index (χ0n) is 11.3. The third kappa shape index (κ3) is 4.10. The van der Waals surface area contributed by atoms with Crippen LogP contribution in [0.25, 0.3) is 0 Å². The Morgan fingerprint density at radius 2 is 2.20 bits per heavy atom. The first-order valence-corrected chi connectivity index (χ1v) is 7.54. The number of nitrogens with one attached hydrogen (secondary N) is 1. The maximum absolute atomic E-state index is 12.5. The van der Waals surface area contributed by atoms with Crippen molar-refractivity contribution in [3.05, 3.63) is 24.3 Å². The molecule has 20 heavy (non-hydrogen) atoms. The summed E-state index contributed by atoms with van der Waals surface area (Å²) in [6.07, 6.45) is 2.11. The summed E-state index contributed by atoms with van der Waals surface area (Å²) in [5.74, 6) is -2.01. The third-order valence-corrected chi connectivity index (χ3v) is 4.08. The predicted molar refractivity (Wildman–Crippen MR) is 77.3 cm³/mol. The highest BCUT2D eigenvalue weighted by Crippen LogP contribution is 2.31. The Balaban J connectivity index is 2.03. The Kier molecular flexibility index (Phi) is 5.23. The number of anilines is 1. The average Bonchev–Trinajstić information content (AvgIpc) is 2.40. The van der Waals surface area contributed by atoms with E-state index < -0.39 is 5.76 Å². The molecule has 2 amide bonds. The van der Waals surface area contributed by atoms with Gasteiger partial charge in [0.2, 0.25) is 0 Å². The molecule has 1 fully saturated rings. The lowest BCUT2D eigenvalue weighted by atomic mass is 10.0. The van der Waals surface area contributed by atoms with E-state index in [0.29, 0.717) is 28.3 Å². The molecule has 1 aliphatic heterocycles. The van der Waals surface area contributed by atoms with Crippen molar-refractivity contribution in [2.45, 2.75) is 30.4 Å². The van der Waals surface area contributed by atoms with Crippen LogP contribution in [0, 0.1) is 5.92 Å². The van der Waals surface area contributed by atoms with E-state index in [1.54, 1.807) is 29.2 Å². The number of rotatable bonds is 3. The number of thioether (sulfide) groups is 1. The number of carbonyl (C=O) groups is 1. The van der Waals surface area contributed by atoms with Crippen molar-refractivity contribution >= 4 is 23.5 Å². The summed E-state index contributed by atoms with van der Waals surface area (Å²) in [5, 5.41) is 2.74. The maximum atomic E-state index is 12.5. The van der Waals surface area contributed by atoms with Gasteiger partial charge in [0.15, 0.2) is 0 Å². The van der Waals surface area contributed by atoms with Crippen LogP contribution < -0.4 is 5.32 Å². The van der Waals surface area contributed by atoms with Crippen LogP contribution in [0.5, 0.6) is 0 Å². The fraction of sp³-hybridized carbons (Fsp3) is 0.500. The molecule has 0 saturated carbocycles. The first-order valence-electron chi connectivity index (χ1n) is 6.66. The SMILES string of the molecule is CC1CCCN(C(=O)Nc2ccccc2SC(F)F)C1. The predicted octanol–water partition coefficient (Wildman–Crippen LogP) is 4.27. The number of alkyl halides is 2. The molecule has 1 unspecified atom stereocenters. The minimum absolute atomic E-state index is 0.209. The van der Waals surface area contributed by atoms with Crippen molar-refractivity contribution in [3.63, 3.8) is 0 Å². The van der Waals surface area contributed by atoms with Crippen LogP contribution in [-0.2, 0) is 0 Å². The molecule has 1 aromatic carbocycles. The van der Waals surface area contributed by atoms with Gasteiger partial charge in [0.1, 0.15) is 0 Å². The van der Waals surface area contributed by atoms with E-state index in [4.69, 9.17) is 0 Å². The smallest absolute Gasteiger partial charge is 0.321 e. The molecule has 0 aromatic heterocycles. The number of piperidine rings is 1. The fourth-order valence-corrected chi connectivity index (χ4v) is 2.93. The van der Waals surface area contributed by atoms with Gasteiger partial charge in [-0.3, -0.25) is 0 Å². The van der Waals surface area contributed by atoms with Gasteiger partial charge in [-0.05, 0) is 30.9 Å². The summed E-state index contributed by atoms with van der Waals surface area (Å²) in [5.41, 5.74) is 0.445. The first kappa shape index (κ1) is 15.1. The van der Waals surface area contributed by atoms with Gasteiger partial charge < -0.3 is 10.2 Å². The molecule has 0 spiro atoms. The second-order valence-corrected chi connectivity index (χ2v) is 6.03. The van der Waals surface area contributed by atoms with Gasteiger partial charge in [0.05, 0.1) is 5.69 Å². The minimum atomic E-state index is -2.50. The van der Waals surface area contributed by atoms with E-state index in [-0.39, 0.29) is 6.03 Å². The number of para-hydroxylation sites is 1. The summed E-state index contributed by atoms with van der Waals surface area (Å²) < 4.78 is 25.0. The van der Waals surface area contributed by atoms with Crippen LogP contribution in [0.1, 0.15) is 19.8 Å². The lowest BCUT2D eigenvalue weighted by Crippen LogP contribution is -2.41. The Labute approximate surface area is 121 Å². The largest absolute Gasteiger partial charge is 0.324 e. The van der Waals surface area contributed by atoms with Gasteiger partial charge in [-0.25, -0.2) is 4.79 Å². The van der Waals surface area contributed by atoms with Crippen molar-refractivity contribution in [2.24, 2.45) is 5.92 Å². The highest BCUT2D eigenvalue weighted by Gasteiger charge is 2.21. The molecule has 1 aromatic rings. The molecule has 3 nitrogen and oxygen atoms in total. The van der Waals surface area contributed by atoms with Crippen LogP contribution in [0.3, 0.4) is 0 Å². The molecule has 1 heterocycles. The van der Waals surface area contributed by atoms with Crippen molar-refractivity contribution in [3.8, 4) is 0 Å². The lowest BCUT2D eigenvalue weighted by molar-refractivity contribution is 0.182. The highest BCUT2D eigenvalue weighted by molar-refractivity contribution is 7.99. The molecule has 6 heteroatoms. The molecule has 2 rings (SSSR count). The summed E-state index contributed by atoms with van der Waals surface area (Å²) in [4.78, 5) is 14.3. The van der Waals surface area contributed by atoms with Crippen LogP contribution in [0.15, 0.2) is 29.2 Å². The molecular formula is C14H18F2N2OS. The summed E-state index contributed by atoms with van der Waals surface area (Å²) in [6, 6.07) is 6.44. The summed E-state index contributed by atoms with van der Waals surface area (Å²) >= 11 is 0.448. The number of benzene rings is 1. The Bertz CT molecular complexity index is 470. The molecular weight excluding hydrogens is 282 g/mol. The number of urea groups is 1. The minimum Gasteiger partial charge on any atom is -0.324 e. The topological polar surface area (TPSA) is 32.3 Å². The number of likely N-dealkylation sites (tertiary alicyclic amines) is 1. The number of halogens is 2. The Hall–Kier alpha value is -1.30. The summed E-state index contributed by atoms with van der Waals surface area (Å²) in [6.45, 7) is 3.55. The molecule has 110 valence electrons. The Morgan fingerprint density at radius 3 is 2.90 bits per heavy atom. The summed E-state index contributed by atoms with van der Waals surface area (Å²) in [7, 11) is 0. The van der Waals surface area contributed by atoms with Gasteiger partial charge in [0, 0.05) is 18.0 Å². The monoisotopic (exact) mass is 300 g/mol. The molecule has 1 saturated heterocycles. The van der Waals surface area contributed by atoms with Crippen LogP contribution in [0.4, 0.5) is 19.3 Å². The average molecular weight is 300 g/mol. The fourth-order valence-electron chi connectivity index (χ4n) is 2.34. The number of carbonyl (C=O) groups excluding carboxylic acids is 1. The van der Waals surface area contributed by atoms with Crippen molar-refractivity contribution in [1.82, 2.24) is 4.90 Å². The van der Waals surface area contributed by atoms with Crippen molar-refractivity contribution in [2.75, 3.05) is 18.4 Å². The van der Waals surface area contributed by atoms with Gasteiger partial charge in [-0.15, -0.1) is 0 Å². The Morgan fingerprint density at radius 1 is 1.45 bits per heavy atom. The quantitative estimate of drug-likeness (QED) is 0.846. The van der Waals surface area contributed by atoms with Gasteiger partial charge >= 0.3 is 6.03 Å². The number of hydrogen-bond acceptors (Lipinski definition) is 2. The van der Waals surface area contributed by atoms with E-state index in [2.05, 4.69) is 12.2 Å². The zero-order valence-corrected chi connectivity index (χ0v) is 12.1. The second kappa shape index (κ2) is 6.92. The first-order chi connectivity index (χ1) is 9.56. The van der Waals surface area contributed by atoms with E-state index >= 15 is 0 Å². The lowest BCUT2D eigenvalue weighted by Gasteiger charge is -2.31. The van der Waals surface area contributed by atoms with Crippen LogP contribution in [0.2, 0.25) is 0 Å². The zero-order chi connectivity index (χ0) is 14.5. The van der Waals surface area contributed by atoms with Crippen molar-refractivity contribution in [1.29, 1.82) is 0 Å². The maximum Gasteiger partial charge on any atom is 0.321 e. The molecule has 0 radical (unpaired) electrons. The second-order valence-electron chi connectivity index (χ2n) is 5.00. The van der Waals surface area contributed by atoms with Crippen LogP contribution >= 0.6 is 11.8 Å². The van der Waals surface area contributed by atoms with E-state index in [1.807, 2.05) is 0 Å². The third-order valence-electron chi connectivity index (χ3n) is 3.29. The van der Waals surface area contributed by atoms with Gasteiger partial charge in [0.25, 0.3) is 5.76 Å². The van der Waals surface area contributed by atoms with E-state index in [9.17, 15) is 13.6 Å². The molecule has 0 aliphatic carbocycles. The van der Waals surface area contributed by atoms with Gasteiger partial charge in [-0.1, -0.05) is 30.8 Å². The van der Waals surface area contributed by atoms with Crippen molar-refractivity contribution < 1.29 is 13.6 Å². The molecule has 0 bridgehead atoms. The molecule has 1 atom stereocenters.